The Morgan fingerprint density at radius 3 is 2.33 bits per heavy atom. The van der Waals surface area contributed by atoms with E-state index >= 15 is 0 Å². The minimum atomic E-state index is -3.90. The highest BCUT2D eigenvalue weighted by Gasteiger charge is 2.24. The van der Waals surface area contributed by atoms with Gasteiger partial charge in [-0.05, 0) is 43.7 Å². The molecule has 0 amide bonds. The molecular weight excluding hydrogens is 478 g/mol. The van der Waals surface area contributed by atoms with Crippen molar-refractivity contribution in [3.63, 3.8) is 0 Å². The van der Waals surface area contributed by atoms with E-state index in [2.05, 4.69) is 11.6 Å². The van der Waals surface area contributed by atoms with Crippen LogP contribution in [0.2, 0.25) is 0 Å². The van der Waals surface area contributed by atoms with Crippen molar-refractivity contribution in [2.75, 3.05) is 18.4 Å². The fourth-order valence-corrected chi connectivity index (χ4v) is 5.35. The number of carbonyl (C=O) groups is 1. The van der Waals surface area contributed by atoms with Gasteiger partial charge in [-0.15, -0.1) is 0 Å². The number of aryl methyl sites for hydroxylation is 1. The van der Waals surface area contributed by atoms with Crippen LogP contribution in [-0.2, 0) is 14.8 Å². The Balaban J connectivity index is 1.69. The van der Waals surface area contributed by atoms with Gasteiger partial charge in [0.25, 0.3) is 10.0 Å². The Labute approximate surface area is 211 Å². The Kier molecular flexibility index (Phi) is 7.84. The molecule has 0 saturated carbocycles. The van der Waals surface area contributed by atoms with Crippen molar-refractivity contribution in [3.8, 4) is 5.75 Å². The van der Waals surface area contributed by atoms with Gasteiger partial charge in [-0.3, -0.25) is 4.72 Å². The lowest BCUT2D eigenvalue weighted by atomic mass is 10.0. The smallest absolute Gasteiger partial charge is 0.342 e. The van der Waals surface area contributed by atoms with Gasteiger partial charge in [0.2, 0.25) is 0 Å². The number of hydrogen-bond acceptors (Lipinski definition) is 6. The van der Waals surface area contributed by atoms with Gasteiger partial charge in [0, 0.05) is 16.2 Å². The third kappa shape index (κ3) is 5.33. The number of rotatable bonds is 11. The summed E-state index contributed by atoms with van der Waals surface area (Å²) in [6, 6.07) is 15.1. The number of sulfonamides is 1. The molecular formula is C28H31NO6S. The zero-order valence-electron chi connectivity index (χ0n) is 20.8. The molecule has 0 spiro atoms. The number of anilines is 1. The highest BCUT2D eigenvalue weighted by Crippen LogP contribution is 2.37. The molecule has 3 aromatic carbocycles. The number of ether oxygens (including phenoxy) is 2. The SMILES string of the molecule is CCCCCCCOC(=O)c1c(C)oc2c1cc(NS(=O)(=O)c1ccc(OC)cc1)c1ccccc12. The Hall–Kier alpha value is -3.52. The first kappa shape index (κ1) is 25.6. The molecule has 0 saturated heterocycles. The maximum absolute atomic E-state index is 13.2. The molecule has 1 heterocycles. The van der Waals surface area contributed by atoms with Gasteiger partial charge in [-0.1, -0.05) is 56.9 Å². The molecule has 4 rings (SSSR count). The summed E-state index contributed by atoms with van der Waals surface area (Å²) in [4.78, 5) is 13.1. The van der Waals surface area contributed by atoms with Crippen LogP contribution < -0.4 is 9.46 Å². The van der Waals surface area contributed by atoms with Crippen molar-refractivity contribution >= 4 is 43.4 Å². The van der Waals surface area contributed by atoms with E-state index in [0.717, 1.165) is 25.7 Å². The minimum absolute atomic E-state index is 0.0959. The molecule has 0 aliphatic carbocycles. The van der Waals surface area contributed by atoms with Crippen LogP contribution in [0.15, 0.2) is 63.9 Å². The molecule has 0 bridgehead atoms. The minimum Gasteiger partial charge on any atom is -0.497 e. The number of furan rings is 1. The van der Waals surface area contributed by atoms with Crippen LogP contribution in [-0.4, -0.2) is 28.1 Å². The van der Waals surface area contributed by atoms with Crippen LogP contribution in [0.1, 0.15) is 55.1 Å². The van der Waals surface area contributed by atoms with E-state index in [-0.39, 0.29) is 4.90 Å². The molecule has 190 valence electrons. The molecule has 4 aromatic rings. The highest BCUT2D eigenvalue weighted by atomic mass is 32.2. The first-order chi connectivity index (χ1) is 17.4. The van der Waals surface area contributed by atoms with Crippen molar-refractivity contribution in [2.24, 2.45) is 0 Å². The first-order valence-electron chi connectivity index (χ1n) is 12.1. The third-order valence-corrected chi connectivity index (χ3v) is 7.55. The van der Waals surface area contributed by atoms with Gasteiger partial charge in [-0.25, -0.2) is 13.2 Å². The number of methoxy groups -OCH3 is 1. The van der Waals surface area contributed by atoms with Gasteiger partial charge < -0.3 is 13.9 Å². The van der Waals surface area contributed by atoms with E-state index in [4.69, 9.17) is 13.9 Å². The number of hydrogen-bond donors (Lipinski definition) is 1. The molecule has 8 heteroatoms. The molecule has 36 heavy (non-hydrogen) atoms. The van der Waals surface area contributed by atoms with Crippen molar-refractivity contribution in [2.45, 2.75) is 50.8 Å². The summed E-state index contributed by atoms with van der Waals surface area (Å²) in [6.07, 6.45) is 5.25. The van der Waals surface area contributed by atoms with E-state index in [9.17, 15) is 13.2 Å². The van der Waals surface area contributed by atoms with Gasteiger partial charge in [0.15, 0.2) is 0 Å². The number of fused-ring (bicyclic) bond motifs is 3. The molecule has 1 aromatic heterocycles. The largest absolute Gasteiger partial charge is 0.497 e. The maximum Gasteiger partial charge on any atom is 0.342 e. The van der Waals surface area contributed by atoms with E-state index < -0.39 is 16.0 Å². The van der Waals surface area contributed by atoms with Gasteiger partial charge >= 0.3 is 5.97 Å². The monoisotopic (exact) mass is 509 g/mol. The van der Waals surface area contributed by atoms with Crippen LogP contribution in [0.5, 0.6) is 5.75 Å². The first-order valence-corrected chi connectivity index (χ1v) is 13.6. The number of carbonyl (C=O) groups excluding carboxylic acids is 1. The van der Waals surface area contributed by atoms with E-state index in [1.807, 2.05) is 24.3 Å². The van der Waals surface area contributed by atoms with Gasteiger partial charge in [-0.2, -0.15) is 0 Å². The molecule has 0 radical (unpaired) electrons. The quantitative estimate of drug-likeness (QED) is 0.176. The number of unbranched alkanes of at least 4 members (excludes halogenated alkanes) is 4. The summed E-state index contributed by atoms with van der Waals surface area (Å²) in [5.74, 6) is 0.519. The van der Waals surface area contributed by atoms with E-state index in [1.165, 1.54) is 25.7 Å². The molecule has 0 aliphatic rings. The lowest BCUT2D eigenvalue weighted by Crippen LogP contribution is -2.13. The van der Waals surface area contributed by atoms with Gasteiger partial charge in [0.05, 0.1) is 24.3 Å². The van der Waals surface area contributed by atoms with Gasteiger partial charge in [0.1, 0.15) is 22.7 Å². The van der Waals surface area contributed by atoms with Crippen molar-refractivity contribution < 1.29 is 27.1 Å². The lowest BCUT2D eigenvalue weighted by Gasteiger charge is -2.12. The summed E-state index contributed by atoms with van der Waals surface area (Å²) >= 11 is 0. The summed E-state index contributed by atoms with van der Waals surface area (Å²) in [5.41, 5.74) is 1.18. The van der Waals surface area contributed by atoms with E-state index in [1.54, 1.807) is 25.1 Å². The standard InChI is InChI=1S/C28H31NO6S/c1-4-5-6-7-10-17-34-28(30)26-19(2)35-27-23-12-9-8-11-22(23)25(18-24(26)27)29-36(31,32)21-15-13-20(33-3)14-16-21/h8-9,11-16,18,29H,4-7,10,17H2,1-3H3. The molecule has 1 N–H and O–H groups in total. The fourth-order valence-electron chi connectivity index (χ4n) is 4.28. The molecule has 0 atom stereocenters. The molecule has 0 unspecified atom stereocenters. The van der Waals surface area contributed by atoms with Crippen molar-refractivity contribution in [1.82, 2.24) is 0 Å². The number of nitrogens with one attached hydrogen (secondary N) is 1. The highest BCUT2D eigenvalue weighted by molar-refractivity contribution is 7.92. The zero-order chi connectivity index (χ0) is 25.7. The van der Waals surface area contributed by atoms with E-state index in [0.29, 0.717) is 51.1 Å². The zero-order valence-corrected chi connectivity index (χ0v) is 21.6. The number of benzene rings is 3. The summed E-state index contributed by atoms with van der Waals surface area (Å²) in [7, 11) is -2.38. The average molecular weight is 510 g/mol. The Morgan fingerprint density at radius 2 is 1.64 bits per heavy atom. The normalized spacial score (nSPS) is 11.6. The number of esters is 1. The summed E-state index contributed by atoms with van der Waals surface area (Å²) in [6.45, 7) is 4.20. The second-order valence-electron chi connectivity index (χ2n) is 8.71. The fraction of sp³-hybridized carbons (Fsp3) is 0.321. The van der Waals surface area contributed by atoms with Crippen molar-refractivity contribution in [1.29, 1.82) is 0 Å². The Bertz CT molecular complexity index is 1470. The van der Waals surface area contributed by atoms with Crippen LogP contribution in [0.4, 0.5) is 5.69 Å². The molecule has 0 aliphatic heterocycles. The van der Waals surface area contributed by atoms with Crippen LogP contribution in [0.3, 0.4) is 0 Å². The third-order valence-electron chi connectivity index (χ3n) is 6.17. The van der Waals surface area contributed by atoms with Crippen LogP contribution >= 0.6 is 0 Å². The summed E-state index contributed by atoms with van der Waals surface area (Å²) < 4.78 is 45.7. The topological polar surface area (TPSA) is 94.8 Å². The second kappa shape index (κ2) is 11.0. The van der Waals surface area contributed by atoms with Crippen LogP contribution in [0.25, 0.3) is 21.7 Å². The predicted molar refractivity (Wildman–Crippen MR) is 141 cm³/mol. The summed E-state index contributed by atoms with van der Waals surface area (Å²) in [5, 5.41) is 1.87. The average Bonchev–Trinajstić information content (AvgIpc) is 3.22. The maximum atomic E-state index is 13.2. The lowest BCUT2D eigenvalue weighted by molar-refractivity contribution is 0.0497. The Morgan fingerprint density at radius 1 is 0.944 bits per heavy atom. The van der Waals surface area contributed by atoms with Crippen molar-refractivity contribution in [3.05, 3.63) is 65.9 Å². The molecule has 0 fully saturated rings. The second-order valence-corrected chi connectivity index (χ2v) is 10.4. The molecule has 7 nitrogen and oxygen atoms in total. The van der Waals surface area contributed by atoms with Crippen LogP contribution in [0, 0.1) is 6.92 Å². The predicted octanol–water partition coefficient (Wildman–Crippen LogP) is 6.83.